The Morgan fingerprint density at radius 3 is 2.25 bits per heavy atom. The molecule has 0 aromatic heterocycles. The number of hydrogen-bond donors (Lipinski definition) is 1. The molecule has 0 radical (unpaired) electrons. The average Bonchev–Trinajstić information content (AvgIpc) is 2.41. The molecule has 1 N–H and O–H groups in total. The quantitative estimate of drug-likeness (QED) is 0.811. The van der Waals surface area contributed by atoms with Crippen LogP contribution in [0.3, 0.4) is 0 Å². The van der Waals surface area contributed by atoms with E-state index < -0.39 is 0 Å². The zero-order chi connectivity index (χ0) is 14.7. The smallest absolute Gasteiger partial charge is 0.255 e. The van der Waals surface area contributed by atoms with E-state index >= 15 is 0 Å². The van der Waals surface area contributed by atoms with Crippen LogP contribution in [0.25, 0.3) is 0 Å². The van der Waals surface area contributed by atoms with Crippen LogP contribution in [0.5, 0.6) is 0 Å². The Morgan fingerprint density at radius 2 is 1.70 bits per heavy atom. The molecule has 2 rings (SSSR count). The Labute approximate surface area is 128 Å². The van der Waals surface area contributed by atoms with Gasteiger partial charge in [-0.3, -0.25) is 4.79 Å². The van der Waals surface area contributed by atoms with Gasteiger partial charge in [-0.1, -0.05) is 43.1 Å². The molecule has 0 aliphatic heterocycles. The fraction of sp³-hybridized carbons (Fsp3) is 0.188. The minimum Gasteiger partial charge on any atom is -0.321 e. The molecule has 0 unspecified atom stereocenters. The van der Waals surface area contributed by atoms with E-state index in [1.165, 1.54) is 0 Å². The fourth-order valence-electron chi connectivity index (χ4n) is 1.79. The molecule has 1 amide bonds. The van der Waals surface area contributed by atoms with Crippen LogP contribution in [0.15, 0.2) is 42.5 Å². The van der Waals surface area contributed by atoms with E-state index in [0.717, 1.165) is 5.56 Å². The summed E-state index contributed by atoms with van der Waals surface area (Å²) in [6, 6.07) is 12.4. The van der Waals surface area contributed by atoms with E-state index in [1.807, 2.05) is 18.2 Å². The summed E-state index contributed by atoms with van der Waals surface area (Å²) in [7, 11) is 0. The molecule has 4 heteroatoms. The molecule has 0 bridgehead atoms. The van der Waals surface area contributed by atoms with E-state index in [-0.39, 0.29) is 5.91 Å². The highest BCUT2D eigenvalue weighted by atomic mass is 35.5. The van der Waals surface area contributed by atoms with Crippen molar-refractivity contribution in [1.82, 2.24) is 0 Å². The van der Waals surface area contributed by atoms with E-state index in [2.05, 4.69) is 19.2 Å². The van der Waals surface area contributed by atoms with Crippen molar-refractivity contribution in [3.8, 4) is 0 Å². The monoisotopic (exact) mass is 307 g/mol. The standard InChI is InChI=1S/C16H15Cl2NO/c1-10(2)12-5-8-15(14(18)9-12)19-16(20)11-3-6-13(17)7-4-11/h3-10H,1-2H3,(H,19,20). The minimum atomic E-state index is -0.208. The van der Waals surface area contributed by atoms with Gasteiger partial charge in [-0.25, -0.2) is 0 Å². The van der Waals surface area contributed by atoms with Crippen molar-refractivity contribution >= 4 is 34.8 Å². The number of carbonyl (C=O) groups is 1. The fourth-order valence-corrected chi connectivity index (χ4v) is 2.15. The Kier molecular flexibility index (Phi) is 4.69. The van der Waals surface area contributed by atoms with Crippen molar-refractivity contribution in [2.24, 2.45) is 0 Å². The van der Waals surface area contributed by atoms with Gasteiger partial charge in [0.25, 0.3) is 5.91 Å². The molecule has 104 valence electrons. The van der Waals surface area contributed by atoms with Gasteiger partial charge in [0.2, 0.25) is 0 Å². The molecule has 2 aromatic carbocycles. The third-order valence-corrected chi connectivity index (χ3v) is 3.58. The molecule has 2 nitrogen and oxygen atoms in total. The number of anilines is 1. The van der Waals surface area contributed by atoms with E-state index in [1.54, 1.807) is 24.3 Å². The molecular formula is C16H15Cl2NO. The van der Waals surface area contributed by atoms with Crippen LogP contribution in [0.4, 0.5) is 5.69 Å². The lowest BCUT2D eigenvalue weighted by Crippen LogP contribution is -2.12. The van der Waals surface area contributed by atoms with Crippen LogP contribution in [0.2, 0.25) is 10.0 Å². The highest BCUT2D eigenvalue weighted by Crippen LogP contribution is 2.27. The zero-order valence-corrected chi connectivity index (χ0v) is 12.8. The number of amides is 1. The average molecular weight is 308 g/mol. The van der Waals surface area contributed by atoms with Crippen molar-refractivity contribution in [1.29, 1.82) is 0 Å². The lowest BCUT2D eigenvalue weighted by Gasteiger charge is -2.11. The molecule has 0 saturated carbocycles. The molecule has 0 saturated heterocycles. The maximum Gasteiger partial charge on any atom is 0.255 e. The van der Waals surface area contributed by atoms with Gasteiger partial charge in [-0.05, 0) is 47.9 Å². The largest absolute Gasteiger partial charge is 0.321 e. The highest BCUT2D eigenvalue weighted by Gasteiger charge is 2.09. The summed E-state index contributed by atoms with van der Waals surface area (Å²) < 4.78 is 0. The van der Waals surface area contributed by atoms with Crippen molar-refractivity contribution < 1.29 is 4.79 Å². The second-order valence-electron chi connectivity index (χ2n) is 4.86. The SMILES string of the molecule is CC(C)c1ccc(NC(=O)c2ccc(Cl)cc2)c(Cl)c1. The van der Waals surface area contributed by atoms with Crippen molar-refractivity contribution in [2.75, 3.05) is 5.32 Å². The summed E-state index contributed by atoms with van der Waals surface area (Å²) in [6.07, 6.45) is 0. The van der Waals surface area contributed by atoms with Crippen LogP contribution in [-0.2, 0) is 0 Å². The normalized spacial score (nSPS) is 10.7. The van der Waals surface area contributed by atoms with E-state index in [4.69, 9.17) is 23.2 Å². The predicted octanol–water partition coefficient (Wildman–Crippen LogP) is 5.37. The maximum absolute atomic E-state index is 12.1. The second kappa shape index (κ2) is 6.29. The van der Waals surface area contributed by atoms with Gasteiger partial charge < -0.3 is 5.32 Å². The van der Waals surface area contributed by atoms with Gasteiger partial charge in [0.15, 0.2) is 0 Å². The Morgan fingerprint density at radius 1 is 1.05 bits per heavy atom. The number of halogens is 2. The van der Waals surface area contributed by atoms with E-state index in [9.17, 15) is 4.79 Å². The van der Waals surface area contributed by atoms with Gasteiger partial charge in [-0.2, -0.15) is 0 Å². The minimum absolute atomic E-state index is 0.208. The van der Waals surface area contributed by atoms with Gasteiger partial charge in [-0.15, -0.1) is 0 Å². The molecular weight excluding hydrogens is 293 g/mol. The molecule has 0 aliphatic carbocycles. The molecule has 0 heterocycles. The van der Waals surface area contributed by atoms with Crippen LogP contribution in [0, 0.1) is 0 Å². The first-order valence-corrected chi connectivity index (χ1v) is 7.09. The third-order valence-electron chi connectivity index (χ3n) is 3.01. The summed E-state index contributed by atoms with van der Waals surface area (Å²) in [5.41, 5.74) is 2.29. The third kappa shape index (κ3) is 3.53. The van der Waals surface area contributed by atoms with Crippen LogP contribution in [0.1, 0.15) is 35.7 Å². The summed E-state index contributed by atoms with van der Waals surface area (Å²) in [4.78, 5) is 12.1. The summed E-state index contributed by atoms with van der Waals surface area (Å²) >= 11 is 12.0. The lowest BCUT2D eigenvalue weighted by atomic mass is 10.0. The summed E-state index contributed by atoms with van der Waals surface area (Å²) in [5, 5.41) is 3.94. The maximum atomic E-state index is 12.1. The predicted molar refractivity (Wildman–Crippen MR) is 84.9 cm³/mol. The number of nitrogens with one attached hydrogen (secondary N) is 1. The molecule has 0 aliphatic rings. The van der Waals surface area contributed by atoms with Gasteiger partial charge in [0.1, 0.15) is 0 Å². The first kappa shape index (κ1) is 14.9. The molecule has 0 fully saturated rings. The molecule has 0 atom stereocenters. The van der Waals surface area contributed by atoms with Crippen molar-refractivity contribution in [2.45, 2.75) is 19.8 Å². The van der Waals surface area contributed by atoms with Gasteiger partial charge in [0.05, 0.1) is 10.7 Å². The van der Waals surface area contributed by atoms with E-state index in [0.29, 0.717) is 27.2 Å². The summed E-state index contributed by atoms with van der Waals surface area (Å²) in [6.45, 7) is 4.19. The Hall–Kier alpha value is -1.51. The molecule has 0 spiro atoms. The zero-order valence-electron chi connectivity index (χ0n) is 11.3. The second-order valence-corrected chi connectivity index (χ2v) is 5.70. The number of rotatable bonds is 3. The van der Waals surface area contributed by atoms with Crippen LogP contribution < -0.4 is 5.32 Å². The van der Waals surface area contributed by atoms with Crippen LogP contribution >= 0.6 is 23.2 Å². The van der Waals surface area contributed by atoms with Gasteiger partial charge >= 0.3 is 0 Å². The Balaban J connectivity index is 2.17. The Bertz CT molecular complexity index is 621. The highest BCUT2D eigenvalue weighted by molar-refractivity contribution is 6.34. The first-order chi connectivity index (χ1) is 9.47. The van der Waals surface area contributed by atoms with Crippen molar-refractivity contribution in [3.63, 3.8) is 0 Å². The lowest BCUT2D eigenvalue weighted by molar-refractivity contribution is 0.102. The number of benzene rings is 2. The molecule has 2 aromatic rings. The first-order valence-electron chi connectivity index (χ1n) is 6.33. The van der Waals surface area contributed by atoms with Crippen LogP contribution in [-0.4, -0.2) is 5.91 Å². The summed E-state index contributed by atoms with van der Waals surface area (Å²) in [5.74, 6) is 0.189. The topological polar surface area (TPSA) is 29.1 Å². The van der Waals surface area contributed by atoms with Gasteiger partial charge in [0, 0.05) is 10.6 Å². The number of hydrogen-bond acceptors (Lipinski definition) is 1. The number of carbonyl (C=O) groups excluding carboxylic acids is 1. The van der Waals surface area contributed by atoms with Crippen molar-refractivity contribution in [3.05, 3.63) is 63.6 Å². The molecule has 20 heavy (non-hydrogen) atoms.